The molecule has 20 heavy (non-hydrogen) atoms. The second-order valence-electron chi connectivity index (χ2n) is 5.00. The molecule has 1 aliphatic carbocycles. The van der Waals surface area contributed by atoms with Gasteiger partial charge in [0.15, 0.2) is 5.69 Å². The summed E-state index contributed by atoms with van der Waals surface area (Å²) < 4.78 is 4.99. The van der Waals surface area contributed by atoms with Crippen LogP contribution in [0.25, 0.3) is 0 Å². The van der Waals surface area contributed by atoms with Crippen molar-refractivity contribution in [2.24, 2.45) is 0 Å². The number of aromatic nitrogens is 1. The van der Waals surface area contributed by atoms with Crippen molar-refractivity contribution in [3.63, 3.8) is 0 Å². The van der Waals surface area contributed by atoms with E-state index in [4.69, 9.17) is 4.74 Å². The zero-order valence-corrected chi connectivity index (χ0v) is 12.3. The summed E-state index contributed by atoms with van der Waals surface area (Å²) in [6.45, 7) is 2.20. The van der Waals surface area contributed by atoms with E-state index in [1.807, 2.05) is 12.3 Å². The van der Waals surface area contributed by atoms with Gasteiger partial charge in [-0.2, -0.15) is 0 Å². The van der Waals surface area contributed by atoms with Gasteiger partial charge in [-0.1, -0.05) is 24.3 Å². The maximum absolute atomic E-state index is 11.7. The SMILES string of the molecule is CCOC(=O)c1csc(C2CCc3ccccc3C2)n1. The number of carbonyl (C=O) groups excluding carboxylic acids is 1. The molecule has 3 nitrogen and oxygen atoms in total. The van der Waals surface area contributed by atoms with Crippen molar-refractivity contribution in [1.82, 2.24) is 4.98 Å². The molecule has 3 rings (SSSR count). The number of thiazole rings is 1. The molecule has 1 heterocycles. The van der Waals surface area contributed by atoms with Gasteiger partial charge in [0.05, 0.1) is 11.6 Å². The zero-order chi connectivity index (χ0) is 13.9. The summed E-state index contributed by atoms with van der Waals surface area (Å²) in [6, 6.07) is 8.59. The topological polar surface area (TPSA) is 39.2 Å². The molecule has 4 heteroatoms. The number of carbonyl (C=O) groups is 1. The summed E-state index contributed by atoms with van der Waals surface area (Å²) in [6.07, 6.45) is 3.22. The van der Waals surface area contributed by atoms with Crippen molar-refractivity contribution in [3.8, 4) is 0 Å². The van der Waals surface area contributed by atoms with E-state index in [1.165, 1.54) is 11.1 Å². The molecular formula is C16H17NO2S. The standard InChI is InChI=1S/C16H17NO2S/c1-2-19-16(18)14-10-20-15(17-14)13-8-7-11-5-3-4-6-12(11)9-13/h3-6,10,13H,2,7-9H2,1H3. The van der Waals surface area contributed by atoms with Gasteiger partial charge >= 0.3 is 5.97 Å². The molecule has 2 aromatic rings. The predicted molar refractivity (Wildman–Crippen MR) is 79.3 cm³/mol. The molecule has 0 amide bonds. The molecule has 0 aliphatic heterocycles. The second-order valence-corrected chi connectivity index (χ2v) is 5.89. The van der Waals surface area contributed by atoms with Crippen molar-refractivity contribution in [2.45, 2.75) is 32.1 Å². The van der Waals surface area contributed by atoms with E-state index < -0.39 is 0 Å². The summed E-state index contributed by atoms with van der Waals surface area (Å²) in [4.78, 5) is 16.1. The highest BCUT2D eigenvalue weighted by atomic mass is 32.1. The Balaban J connectivity index is 1.77. The Kier molecular flexibility index (Phi) is 3.83. The third-order valence-corrected chi connectivity index (χ3v) is 4.71. The van der Waals surface area contributed by atoms with E-state index in [1.54, 1.807) is 11.3 Å². The Labute approximate surface area is 122 Å². The molecule has 1 aromatic carbocycles. The van der Waals surface area contributed by atoms with Crippen LogP contribution in [0.15, 0.2) is 29.6 Å². The molecule has 1 aromatic heterocycles. The first-order chi connectivity index (χ1) is 9.78. The van der Waals surface area contributed by atoms with Gasteiger partial charge in [-0.3, -0.25) is 0 Å². The van der Waals surface area contributed by atoms with E-state index in [0.717, 1.165) is 24.3 Å². The van der Waals surface area contributed by atoms with Crippen molar-refractivity contribution >= 4 is 17.3 Å². The van der Waals surface area contributed by atoms with Gasteiger partial charge in [0.2, 0.25) is 0 Å². The van der Waals surface area contributed by atoms with Crippen molar-refractivity contribution in [1.29, 1.82) is 0 Å². The lowest BCUT2D eigenvalue weighted by Crippen LogP contribution is -2.13. The van der Waals surface area contributed by atoms with E-state index in [0.29, 0.717) is 18.2 Å². The molecule has 104 valence electrons. The Morgan fingerprint density at radius 1 is 1.40 bits per heavy atom. The molecule has 0 spiro atoms. The lowest BCUT2D eigenvalue weighted by Gasteiger charge is -2.22. The molecule has 0 N–H and O–H groups in total. The minimum Gasteiger partial charge on any atom is -0.461 e. The number of esters is 1. The average Bonchev–Trinajstić information content (AvgIpc) is 2.97. The molecule has 0 radical (unpaired) electrons. The smallest absolute Gasteiger partial charge is 0.357 e. The van der Waals surface area contributed by atoms with Crippen LogP contribution in [0.2, 0.25) is 0 Å². The average molecular weight is 287 g/mol. The number of benzene rings is 1. The number of nitrogens with zero attached hydrogens (tertiary/aromatic N) is 1. The number of aryl methyl sites for hydroxylation is 1. The number of fused-ring (bicyclic) bond motifs is 1. The lowest BCUT2D eigenvalue weighted by atomic mass is 9.84. The molecule has 0 saturated carbocycles. The molecule has 1 atom stereocenters. The number of hydrogen-bond acceptors (Lipinski definition) is 4. The quantitative estimate of drug-likeness (QED) is 0.810. The predicted octanol–water partition coefficient (Wildman–Crippen LogP) is 3.59. The van der Waals surface area contributed by atoms with Gasteiger partial charge in [0.1, 0.15) is 0 Å². The first-order valence-corrected chi connectivity index (χ1v) is 7.85. The Morgan fingerprint density at radius 3 is 3.00 bits per heavy atom. The highest BCUT2D eigenvalue weighted by molar-refractivity contribution is 7.09. The Morgan fingerprint density at radius 2 is 2.20 bits per heavy atom. The highest BCUT2D eigenvalue weighted by Crippen LogP contribution is 2.34. The minimum atomic E-state index is -0.314. The van der Waals surface area contributed by atoms with Crippen LogP contribution in [-0.2, 0) is 17.6 Å². The third kappa shape index (κ3) is 2.61. The summed E-state index contributed by atoms with van der Waals surface area (Å²) in [7, 11) is 0. The zero-order valence-electron chi connectivity index (χ0n) is 11.5. The van der Waals surface area contributed by atoms with Gasteiger partial charge in [-0.25, -0.2) is 9.78 Å². The van der Waals surface area contributed by atoms with Gasteiger partial charge in [-0.15, -0.1) is 11.3 Å². The van der Waals surface area contributed by atoms with Crippen LogP contribution >= 0.6 is 11.3 Å². The summed E-state index contributed by atoms with van der Waals surface area (Å²) >= 11 is 1.57. The van der Waals surface area contributed by atoms with Crippen LogP contribution < -0.4 is 0 Å². The number of rotatable bonds is 3. The molecule has 0 saturated heterocycles. The second kappa shape index (κ2) is 5.75. The maximum atomic E-state index is 11.7. The molecule has 1 aliphatic rings. The van der Waals surface area contributed by atoms with E-state index >= 15 is 0 Å². The largest absolute Gasteiger partial charge is 0.461 e. The fourth-order valence-corrected chi connectivity index (χ4v) is 3.61. The highest BCUT2D eigenvalue weighted by Gasteiger charge is 2.23. The molecule has 0 bridgehead atoms. The first kappa shape index (κ1) is 13.3. The van der Waals surface area contributed by atoms with E-state index in [-0.39, 0.29) is 5.97 Å². The van der Waals surface area contributed by atoms with Crippen molar-refractivity contribution in [3.05, 3.63) is 51.5 Å². The third-order valence-electron chi connectivity index (χ3n) is 3.70. The number of hydrogen-bond donors (Lipinski definition) is 0. The van der Waals surface area contributed by atoms with Crippen LogP contribution in [0.3, 0.4) is 0 Å². The van der Waals surface area contributed by atoms with Crippen LogP contribution in [0.5, 0.6) is 0 Å². The van der Waals surface area contributed by atoms with Crippen LogP contribution in [-0.4, -0.2) is 17.6 Å². The van der Waals surface area contributed by atoms with Gasteiger partial charge in [0, 0.05) is 11.3 Å². The summed E-state index contributed by atoms with van der Waals surface area (Å²) in [5, 5.41) is 2.87. The monoisotopic (exact) mass is 287 g/mol. The minimum absolute atomic E-state index is 0.314. The first-order valence-electron chi connectivity index (χ1n) is 6.97. The van der Waals surface area contributed by atoms with E-state index in [2.05, 4.69) is 29.2 Å². The fraction of sp³-hybridized carbons (Fsp3) is 0.375. The summed E-state index contributed by atoms with van der Waals surface area (Å²) in [5.74, 6) is 0.115. The van der Waals surface area contributed by atoms with Gasteiger partial charge in [0.25, 0.3) is 0 Å². The van der Waals surface area contributed by atoms with Crippen LogP contribution in [0.4, 0.5) is 0 Å². The van der Waals surface area contributed by atoms with Gasteiger partial charge < -0.3 is 4.74 Å². The Bertz CT molecular complexity index is 620. The summed E-state index contributed by atoms with van der Waals surface area (Å²) in [5.41, 5.74) is 3.31. The van der Waals surface area contributed by atoms with Crippen LogP contribution in [0.1, 0.15) is 45.9 Å². The Hall–Kier alpha value is -1.68. The van der Waals surface area contributed by atoms with Gasteiger partial charge in [-0.05, 0) is 37.3 Å². The maximum Gasteiger partial charge on any atom is 0.357 e. The van der Waals surface area contributed by atoms with E-state index in [9.17, 15) is 4.79 Å². The normalized spacial score (nSPS) is 17.6. The van der Waals surface area contributed by atoms with Crippen molar-refractivity contribution < 1.29 is 9.53 Å². The number of ether oxygens (including phenoxy) is 1. The molecule has 1 unspecified atom stereocenters. The fourth-order valence-electron chi connectivity index (χ4n) is 2.68. The lowest BCUT2D eigenvalue weighted by molar-refractivity contribution is 0.0520. The van der Waals surface area contributed by atoms with Crippen molar-refractivity contribution in [2.75, 3.05) is 6.61 Å². The molecular weight excluding hydrogens is 270 g/mol. The van der Waals surface area contributed by atoms with Crippen LogP contribution in [0, 0.1) is 0 Å². The molecule has 0 fully saturated rings.